The molecule has 2 aliphatic rings. The van der Waals surface area contributed by atoms with Gasteiger partial charge in [0.15, 0.2) is 0 Å². The van der Waals surface area contributed by atoms with Crippen LogP contribution in [-0.2, 0) is 35.3 Å². The van der Waals surface area contributed by atoms with Crippen molar-refractivity contribution in [2.24, 2.45) is 5.73 Å². The molecular weight excluding hydrogens is 526 g/mol. The lowest BCUT2D eigenvalue weighted by Gasteiger charge is -2.26. The van der Waals surface area contributed by atoms with Gasteiger partial charge in [-0.1, -0.05) is 42.2 Å². The zero-order chi connectivity index (χ0) is 29.2. The van der Waals surface area contributed by atoms with Crippen LogP contribution in [0, 0.1) is 11.8 Å². The molecule has 1 atom stereocenters. The van der Waals surface area contributed by atoms with Crippen molar-refractivity contribution in [2.45, 2.75) is 25.4 Å². The van der Waals surface area contributed by atoms with E-state index in [0.29, 0.717) is 6.54 Å². The fourth-order valence-electron chi connectivity index (χ4n) is 4.42. The molecule has 5 amide bonds. The second kappa shape index (κ2) is 14.0. The number of benzene rings is 2. The van der Waals surface area contributed by atoms with Crippen molar-refractivity contribution >= 4 is 35.2 Å². The summed E-state index contributed by atoms with van der Waals surface area (Å²) in [4.78, 5) is 63.8. The largest absolute Gasteiger partial charge is 0.379 e. The molecule has 0 aliphatic carbocycles. The molecule has 0 radical (unpaired) electrons. The molecule has 0 saturated heterocycles. The number of nitrogens with one attached hydrogen (secondary N) is 2. The number of carbonyl (C=O) groups excluding carboxylic acids is 5. The smallest absolute Gasteiger partial charge is 0.254 e. The fraction of sp³-hybridized carbons (Fsp3) is 0.300. The van der Waals surface area contributed by atoms with Crippen LogP contribution < -0.4 is 21.3 Å². The molecule has 0 spiro atoms. The van der Waals surface area contributed by atoms with Crippen LogP contribution in [0.4, 0.5) is 5.69 Å². The predicted octanol–water partition coefficient (Wildman–Crippen LogP) is 0.215. The van der Waals surface area contributed by atoms with E-state index >= 15 is 0 Å². The van der Waals surface area contributed by atoms with E-state index in [9.17, 15) is 24.0 Å². The first-order valence-electron chi connectivity index (χ1n) is 13.3. The van der Waals surface area contributed by atoms with Gasteiger partial charge in [0.05, 0.1) is 25.4 Å². The van der Waals surface area contributed by atoms with Crippen molar-refractivity contribution in [2.75, 3.05) is 37.7 Å². The second-order valence-corrected chi connectivity index (χ2v) is 9.29. The third-order valence-corrected chi connectivity index (χ3v) is 6.53. The van der Waals surface area contributed by atoms with Gasteiger partial charge in [0.2, 0.25) is 17.7 Å². The molecule has 0 bridgehead atoms. The lowest BCUT2D eigenvalue weighted by Crippen LogP contribution is -2.53. The molecule has 0 saturated carbocycles. The van der Waals surface area contributed by atoms with Gasteiger partial charge < -0.3 is 26.0 Å². The highest BCUT2D eigenvalue weighted by atomic mass is 16.5. The molecule has 0 unspecified atom stereocenters. The number of amides is 5. The maximum atomic E-state index is 13.2. The Balaban J connectivity index is 1.16. The summed E-state index contributed by atoms with van der Waals surface area (Å²) < 4.78 is 5.40. The van der Waals surface area contributed by atoms with E-state index in [1.165, 1.54) is 0 Å². The number of hydrogen-bond acceptors (Lipinski definition) is 7. The predicted molar refractivity (Wildman–Crippen MR) is 150 cm³/mol. The minimum Gasteiger partial charge on any atom is -0.379 e. The van der Waals surface area contributed by atoms with Crippen LogP contribution in [0.2, 0.25) is 0 Å². The number of para-hydroxylation sites is 1. The molecule has 2 aromatic rings. The highest BCUT2D eigenvalue weighted by molar-refractivity contribution is 6.15. The summed E-state index contributed by atoms with van der Waals surface area (Å²) in [7, 11) is 0. The zero-order valence-corrected chi connectivity index (χ0v) is 22.4. The molecule has 0 aromatic heterocycles. The third-order valence-electron chi connectivity index (χ3n) is 6.53. The normalized spacial score (nSPS) is 14.3. The zero-order valence-electron chi connectivity index (χ0n) is 22.4. The third kappa shape index (κ3) is 7.45. The molecule has 0 fully saturated rings. The summed E-state index contributed by atoms with van der Waals surface area (Å²) >= 11 is 0. The number of fused-ring (bicyclic) bond motifs is 2. The molecule has 4 N–H and O–H groups in total. The van der Waals surface area contributed by atoms with Crippen molar-refractivity contribution in [1.29, 1.82) is 0 Å². The topological polar surface area (TPSA) is 151 Å². The number of ether oxygens (including phenoxy) is 1. The minimum atomic E-state index is -1.10. The number of rotatable bonds is 12. The van der Waals surface area contributed by atoms with Gasteiger partial charge in [0.1, 0.15) is 6.04 Å². The van der Waals surface area contributed by atoms with E-state index in [4.69, 9.17) is 10.5 Å². The van der Waals surface area contributed by atoms with E-state index in [0.717, 1.165) is 39.4 Å². The Hall–Kier alpha value is -4.79. The first-order chi connectivity index (χ1) is 19.9. The molecule has 2 heterocycles. The highest BCUT2D eigenvalue weighted by Gasteiger charge is 2.34. The fourth-order valence-corrected chi connectivity index (χ4v) is 4.42. The maximum Gasteiger partial charge on any atom is 0.254 e. The maximum absolute atomic E-state index is 13.2. The number of nitrogens with zero attached hydrogens (tertiary/aromatic N) is 2. The average molecular weight is 558 g/mol. The van der Waals surface area contributed by atoms with E-state index < -0.39 is 23.8 Å². The molecule has 11 heteroatoms. The molecule has 4 rings (SSSR count). The quantitative estimate of drug-likeness (QED) is 0.192. The highest BCUT2D eigenvalue weighted by Crippen LogP contribution is 2.25. The number of carbonyl (C=O) groups is 5. The average Bonchev–Trinajstić information content (AvgIpc) is 3.29. The van der Waals surface area contributed by atoms with Crippen LogP contribution in [0.1, 0.15) is 29.5 Å². The Morgan fingerprint density at radius 2 is 1.56 bits per heavy atom. The van der Waals surface area contributed by atoms with Crippen LogP contribution in [-0.4, -0.2) is 73.3 Å². The Bertz CT molecular complexity index is 1410. The number of anilines is 1. The second-order valence-electron chi connectivity index (χ2n) is 9.29. The SMILES string of the molecule is NC[C@H](C(=O)NCCOCCC(=O)NCCC(=O)N1Cc2ccccc2C#Cc2ccccc21)N1C(=O)C=CC1=O. The van der Waals surface area contributed by atoms with Gasteiger partial charge >= 0.3 is 0 Å². The Morgan fingerprint density at radius 1 is 0.878 bits per heavy atom. The Kier molecular flexibility index (Phi) is 9.99. The van der Waals surface area contributed by atoms with Crippen molar-refractivity contribution in [1.82, 2.24) is 15.5 Å². The first kappa shape index (κ1) is 29.2. The van der Waals surface area contributed by atoms with Crippen LogP contribution in [0.5, 0.6) is 0 Å². The van der Waals surface area contributed by atoms with Crippen LogP contribution in [0.15, 0.2) is 60.7 Å². The summed E-state index contributed by atoms with van der Waals surface area (Å²) in [5.74, 6) is 4.20. The van der Waals surface area contributed by atoms with Gasteiger partial charge in [0.25, 0.3) is 11.8 Å². The summed E-state index contributed by atoms with van der Waals surface area (Å²) in [6.07, 6.45) is 2.37. The van der Waals surface area contributed by atoms with Gasteiger partial charge in [0, 0.05) is 55.8 Å². The van der Waals surface area contributed by atoms with Crippen molar-refractivity contribution in [3.63, 3.8) is 0 Å². The summed E-state index contributed by atoms with van der Waals surface area (Å²) in [6, 6.07) is 14.1. The van der Waals surface area contributed by atoms with Crippen molar-refractivity contribution in [3.05, 3.63) is 77.4 Å². The lowest BCUT2D eigenvalue weighted by atomic mass is 10.0. The summed E-state index contributed by atoms with van der Waals surface area (Å²) in [5, 5.41) is 5.31. The molecule has 41 heavy (non-hydrogen) atoms. The first-order valence-corrected chi connectivity index (χ1v) is 13.3. The van der Waals surface area contributed by atoms with Crippen molar-refractivity contribution in [3.8, 4) is 11.8 Å². The van der Waals surface area contributed by atoms with E-state index in [1.807, 2.05) is 48.5 Å². The van der Waals surface area contributed by atoms with E-state index in [1.54, 1.807) is 4.90 Å². The summed E-state index contributed by atoms with van der Waals surface area (Å²) in [6.45, 7) is 0.682. The number of nitrogens with two attached hydrogens (primary N) is 1. The van der Waals surface area contributed by atoms with Crippen LogP contribution >= 0.6 is 0 Å². The van der Waals surface area contributed by atoms with Crippen molar-refractivity contribution < 1.29 is 28.7 Å². The molecular formula is C30H31N5O6. The van der Waals surface area contributed by atoms with E-state index in [2.05, 4.69) is 22.5 Å². The van der Waals surface area contributed by atoms with Gasteiger partial charge in [-0.15, -0.1) is 0 Å². The lowest BCUT2D eigenvalue weighted by molar-refractivity contribution is -0.145. The molecule has 2 aliphatic heterocycles. The number of hydrogen-bond donors (Lipinski definition) is 3. The van der Waals surface area contributed by atoms with E-state index in [-0.39, 0.29) is 57.5 Å². The number of imide groups is 1. The molecule has 2 aromatic carbocycles. The Morgan fingerprint density at radius 3 is 2.32 bits per heavy atom. The molecule has 212 valence electrons. The van der Waals surface area contributed by atoms with Crippen LogP contribution in [0.25, 0.3) is 0 Å². The Labute approximate surface area is 237 Å². The van der Waals surface area contributed by atoms with Gasteiger partial charge in [-0.2, -0.15) is 0 Å². The monoisotopic (exact) mass is 557 g/mol. The molecule has 11 nitrogen and oxygen atoms in total. The van der Waals surface area contributed by atoms with Crippen LogP contribution in [0.3, 0.4) is 0 Å². The standard InChI is InChI=1S/C30H31N5O6/c31-19-25(35-28(38)11-12-29(35)39)30(40)33-16-18-41-17-14-26(36)32-15-13-27(37)34-20-23-7-2-1-5-21(23)9-10-22-6-3-4-8-24(22)34/h1-8,11-12,25H,13-20,31H2,(H,32,36)(H,33,40)/t25-/m1/s1. The summed E-state index contributed by atoms with van der Waals surface area (Å²) in [5.41, 5.74) is 8.91. The van der Waals surface area contributed by atoms with Gasteiger partial charge in [-0.3, -0.25) is 28.9 Å². The minimum absolute atomic E-state index is 0.0749. The van der Waals surface area contributed by atoms with Gasteiger partial charge in [-0.25, -0.2) is 0 Å². The van der Waals surface area contributed by atoms with Gasteiger partial charge in [-0.05, 0) is 23.8 Å².